The van der Waals surface area contributed by atoms with Crippen LogP contribution < -0.4 is 11.0 Å². The van der Waals surface area contributed by atoms with E-state index in [0.717, 1.165) is 0 Å². The van der Waals surface area contributed by atoms with Gasteiger partial charge in [0.25, 0.3) is 0 Å². The van der Waals surface area contributed by atoms with Crippen LogP contribution in [0.1, 0.15) is 0 Å². The molecule has 0 bridgehead atoms. The third-order valence-corrected chi connectivity index (χ3v) is 1.22. The zero-order valence-corrected chi connectivity index (χ0v) is 6.95. The van der Waals surface area contributed by atoms with Crippen molar-refractivity contribution in [2.45, 2.75) is 6.10 Å². The number of rotatable bonds is 7. The second-order valence-electron chi connectivity index (χ2n) is 2.03. The van der Waals surface area contributed by atoms with E-state index in [1.807, 2.05) is 0 Å². The van der Waals surface area contributed by atoms with E-state index in [1.165, 1.54) is 0 Å². The van der Waals surface area contributed by atoms with Crippen LogP contribution in [0.25, 0.3) is 0 Å². The number of halogens is 3. The molecule has 7 nitrogen and oxygen atoms in total. The largest absolute Gasteiger partial charge is 0.541 e. The summed E-state index contributed by atoms with van der Waals surface area (Å²) in [5.74, 6) is -0.501. The van der Waals surface area contributed by atoms with Gasteiger partial charge in [0.05, 0.1) is 0 Å². The van der Waals surface area contributed by atoms with Crippen LogP contribution >= 0.6 is 0 Å². The Labute approximate surface area is 80.4 Å². The molecule has 2 N–H and O–H groups in total. The van der Waals surface area contributed by atoms with Crippen molar-refractivity contribution in [1.82, 2.24) is 0 Å². The predicted octanol–water partition coefficient (Wildman–Crippen LogP) is -1.09. The molecule has 0 radical (unpaired) electrons. The summed E-state index contributed by atoms with van der Waals surface area (Å²) in [5.41, 5.74) is 0. The first-order valence-corrected chi connectivity index (χ1v) is 3.24. The molecule has 10 heteroatoms. The van der Waals surface area contributed by atoms with Crippen molar-refractivity contribution >= 4 is 5.97 Å². The lowest BCUT2D eigenvalue weighted by molar-refractivity contribution is -0.305. The van der Waals surface area contributed by atoms with Gasteiger partial charge < -0.3 is 14.7 Å². The zero-order chi connectivity index (χ0) is 11.8. The van der Waals surface area contributed by atoms with E-state index < -0.39 is 30.2 Å². The quantitative estimate of drug-likeness (QED) is 0.338. The number of hydrogen-bond donors (Lipinski definition) is 1. The number of carboxylic acids is 1. The Morgan fingerprint density at radius 1 is 1.40 bits per heavy atom. The number of carbonyl (C=O) groups excluding carboxylic acids is 1. The van der Waals surface area contributed by atoms with Crippen LogP contribution in [0.5, 0.6) is 0 Å². The summed E-state index contributed by atoms with van der Waals surface area (Å²) in [6.45, 7) is -1.18. The topological polar surface area (TPSA) is 103 Å². The maximum absolute atomic E-state index is 11.8. The first kappa shape index (κ1) is 13.5. The highest BCUT2D eigenvalue weighted by Gasteiger charge is 2.27. The van der Waals surface area contributed by atoms with Gasteiger partial charge >= 0.3 is 0 Å². The lowest BCUT2D eigenvalue weighted by Crippen LogP contribution is -2.32. The average Bonchev–Trinajstić information content (AvgIpc) is 2.22. The fourth-order valence-electron chi connectivity index (χ4n) is 0.637. The fourth-order valence-corrected chi connectivity index (χ4v) is 0.637. The second-order valence-corrected chi connectivity index (χ2v) is 2.03. The lowest BCUT2D eigenvalue weighted by Gasteiger charge is -2.13. The van der Waals surface area contributed by atoms with Crippen molar-refractivity contribution in [3.63, 3.8) is 0 Å². The molecule has 0 aliphatic heterocycles. The van der Waals surface area contributed by atoms with Crippen LogP contribution in [0.2, 0.25) is 0 Å². The summed E-state index contributed by atoms with van der Waals surface area (Å²) >= 11 is 0. The molecule has 0 rings (SSSR count). The molecule has 0 amide bonds. The fraction of sp³-hybridized carbons (Fsp3) is 0.400. The Bertz CT molecular complexity index is 247. The highest BCUT2D eigenvalue weighted by Crippen LogP contribution is 2.16. The SMILES string of the molecule is NO/C(C(=O)[O-])=C(/OF)C(COF)OF. The Kier molecular flexibility index (Phi) is 6.17. The summed E-state index contributed by atoms with van der Waals surface area (Å²) < 4.78 is 34.8. The van der Waals surface area contributed by atoms with Crippen LogP contribution in [0.3, 0.4) is 0 Å². The van der Waals surface area contributed by atoms with E-state index >= 15 is 0 Å². The molecule has 0 aromatic heterocycles. The Morgan fingerprint density at radius 2 is 2.00 bits per heavy atom. The molecule has 0 aliphatic carbocycles. The molecule has 1 atom stereocenters. The molecule has 15 heavy (non-hydrogen) atoms. The molecule has 0 aliphatic rings. The number of nitrogens with two attached hydrogens (primary N) is 1. The van der Waals surface area contributed by atoms with Crippen molar-refractivity contribution in [3.05, 3.63) is 11.5 Å². The van der Waals surface area contributed by atoms with Crippen molar-refractivity contribution in [2.24, 2.45) is 5.90 Å². The van der Waals surface area contributed by atoms with Crippen LogP contribution in [0, 0.1) is 0 Å². The van der Waals surface area contributed by atoms with E-state index in [9.17, 15) is 23.5 Å². The van der Waals surface area contributed by atoms with Gasteiger partial charge in [0, 0.05) is 4.53 Å². The van der Waals surface area contributed by atoms with Gasteiger partial charge in [0.1, 0.15) is 12.6 Å². The zero-order valence-electron chi connectivity index (χ0n) is 6.95. The van der Waals surface area contributed by atoms with Crippen LogP contribution in [-0.2, 0) is 24.5 Å². The molecule has 0 spiro atoms. The Hall–Kier alpha value is -1.52. The first-order chi connectivity index (χ1) is 7.12. The van der Waals surface area contributed by atoms with Gasteiger partial charge in [0.15, 0.2) is 6.10 Å². The predicted molar refractivity (Wildman–Crippen MR) is 32.5 cm³/mol. The molecule has 0 aromatic rings. The minimum Gasteiger partial charge on any atom is -0.541 e. The summed E-state index contributed by atoms with van der Waals surface area (Å²) in [6, 6.07) is 0. The van der Waals surface area contributed by atoms with E-state index in [4.69, 9.17) is 0 Å². The van der Waals surface area contributed by atoms with E-state index in [-0.39, 0.29) is 0 Å². The molecule has 0 fully saturated rings. The minimum atomic E-state index is -2.14. The molecule has 0 heterocycles. The van der Waals surface area contributed by atoms with Crippen LogP contribution in [0.4, 0.5) is 13.6 Å². The van der Waals surface area contributed by atoms with Crippen molar-refractivity contribution in [1.29, 1.82) is 0 Å². The second kappa shape index (κ2) is 6.86. The van der Waals surface area contributed by atoms with E-state index in [0.29, 0.717) is 0 Å². The number of aliphatic carboxylic acids is 1. The molecule has 0 saturated carbocycles. The van der Waals surface area contributed by atoms with Gasteiger partial charge in [-0.15, -0.1) is 0 Å². The maximum Gasteiger partial charge on any atom is 0.229 e. The third kappa shape index (κ3) is 3.61. The van der Waals surface area contributed by atoms with E-state index in [1.54, 1.807) is 0 Å². The van der Waals surface area contributed by atoms with Gasteiger partial charge in [-0.25, -0.2) is 0 Å². The van der Waals surface area contributed by atoms with Gasteiger partial charge in [-0.2, -0.15) is 15.8 Å². The van der Waals surface area contributed by atoms with Crippen LogP contribution in [-0.4, -0.2) is 18.7 Å². The summed E-state index contributed by atoms with van der Waals surface area (Å²) in [5, 5.41) is 10.2. The standard InChI is InChI=1S/C5H6F3NO6/c6-12-1-2(13-7)3(14-8)4(15-9)5(10)11/h2H,1,9H2,(H,10,11)/p-1/b4-3+. The molecule has 88 valence electrons. The number of carboxylic acid groups (broad SMARTS) is 1. The molecule has 0 saturated heterocycles. The Balaban J connectivity index is 5.03. The van der Waals surface area contributed by atoms with Gasteiger partial charge in [-0.1, -0.05) is 0 Å². The van der Waals surface area contributed by atoms with Crippen molar-refractivity contribution in [2.75, 3.05) is 6.61 Å². The average molecular weight is 232 g/mol. The monoisotopic (exact) mass is 232 g/mol. The molecule has 1 unspecified atom stereocenters. The lowest BCUT2D eigenvalue weighted by atomic mass is 10.2. The third-order valence-electron chi connectivity index (χ3n) is 1.22. The maximum atomic E-state index is 11.8. The Morgan fingerprint density at radius 3 is 2.27 bits per heavy atom. The minimum absolute atomic E-state index is 1.18. The van der Waals surface area contributed by atoms with Gasteiger partial charge in [-0.3, -0.25) is 4.94 Å². The van der Waals surface area contributed by atoms with E-state index in [2.05, 4.69) is 25.6 Å². The smallest absolute Gasteiger partial charge is 0.229 e. The van der Waals surface area contributed by atoms with Gasteiger partial charge in [0.2, 0.25) is 11.5 Å². The van der Waals surface area contributed by atoms with Crippen molar-refractivity contribution in [3.8, 4) is 0 Å². The summed E-state index contributed by atoms with van der Waals surface area (Å²) in [4.78, 5) is 22.6. The molecule has 0 aromatic carbocycles. The first-order valence-electron chi connectivity index (χ1n) is 3.24. The highest BCUT2D eigenvalue weighted by atomic mass is 19.3. The highest BCUT2D eigenvalue weighted by molar-refractivity contribution is 5.82. The number of hydrogen-bond acceptors (Lipinski definition) is 7. The molecular weight excluding hydrogens is 227 g/mol. The number of carbonyl (C=O) groups is 1. The van der Waals surface area contributed by atoms with Gasteiger partial charge in [-0.05, 0) is 9.05 Å². The molecular formula is C5H5F3NO6-. The summed E-state index contributed by atoms with van der Waals surface area (Å²) in [7, 11) is 0. The van der Waals surface area contributed by atoms with Crippen LogP contribution in [0.15, 0.2) is 11.5 Å². The van der Waals surface area contributed by atoms with Crippen molar-refractivity contribution < 1.29 is 43.1 Å². The summed E-state index contributed by atoms with van der Waals surface area (Å²) in [6.07, 6.45) is -2.14. The normalized spacial score (nSPS) is 14.1.